The van der Waals surface area contributed by atoms with Crippen LogP contribution in [0.15, 0.2) is 42.5 Å². The molecular weight excluding hydrogens is 421 g/mol. The highest BCUT2D eigenvalue weighted by molar-refractivity contribution is 5.81. The van der Waals surface area contributed by atoms with Gasteiger partial charge in [0.2, 0.25) is 0 Å². The molecule has 9 heteroatoms. The van der Waals surface area contributed by atoms with Crippen LogP contribution in [0.1, 0.15) is 19.7 Å². The Morgan fingerprint density at radius 1 is 1.06 bits per heavy atom. The number of carbonyl (C=O) groups excluding carboxylic acids is 1. The van der Waals surface area contributed by atoms with Crippen molar-refractivity contribution in [2.24, 2.45) is 5.92 Å². The van der Waals surface area contributed by atoms with Crippen molar-refractivity contribution < 1.29 is 23.1 Å². The van der Waals surface area contributed by atoms with Gasteiger partial charge in [-0.25, -0.2) is 18.2 Å². The fourth-order valence-corrected chi connectivity index (χ4v) is 3.64. The highest BCUT2D eigenvalue weighted by atomic mass is 19.2. The van der Waals surface area contributed by atoms with Gasteiger partial charge in [0.15, 0.2) is 11.6 Å². The predicted molar refractivity (Wildman–Crippen MR) is 114 cm³/mol. The highest BCUT2D eigenvalue weighted by Crippen LogP contribution is 2.33. The molecule has 1 aliphatic rings. The number of nitrogens with zero attached hydrogens (tertiary/aromatic N) is 3. The van der Waals surface area contributed by atoms with E-state index in [1.54, 1.807) is 30.9 Å². The molecule has 0 bridgehead atoms. The number of anilines is 2. The summed E-state index contributed by atoms with van der Waals surface area (Å²) in [4.78, 5) is 18.8. The van der Waals surface area contributed by atoms with E-state index in [1.165, 1.54) is 18.2 Å². The number of nitrogens with one attached hydrogen (secondary N) is 1. The molecule has 6 nitrogen and oxygen atoms in total. The predicted octanol–water partition coefficient (Wildman–Crippen LogP) is 4.07. The third-order valence-corrected chi connectivity index (χ3v) is 5.47. The lowest BCUT2D eigenvalue weighted by molar-refractivity contribution is -0.144. The number of aliphatic hydroxyl groups is 1. The first-order chi connectivity index (χ1) is 15.2. The summed E-state index contributed by atoms with van der Waals surface area (Å²) in [7, 11) is 0. The average Bonchev–Trinajstić information content (AvgIpc) is 3.13. The fourth-order valence-electron chi connectivity index (χ4n) is 3.64. The molecule has 0 radical (unpaired) electrons. The van der Waals surface area contributed by atoms with Gasteiger partial charge in [-0.1, -0.05) is 13.8 Å². The van der Waals surface area contributed by atoms with Crippen molar-refractivity contribution in [1.82, 2.24) is 14.5 Å². The molecule has 0 fully saturated rings. The summed E-state index contributed by atoms with van der Waals surface area (Å²) in [5.41, 5.74) is 1.44. The van der Waals surface area contributed by atoms with E-state index in [-0.39, 0.29) is 18.4 Å². The average molecular weight is 444 g/mol. The number of amides is 1. The van der Waals surface area contributed by atoms with Gasteiger partial charge in [-0.05, 0) is 42.3 Å². The Balaban J connectivity index is 1.72. The van der Waals surface area contributed by atoms with E-state index in [9.17, 15) is 23.1 Å². The molecule has 32 heavy (non-hydrogen) atoms. The SMILES string of the molecule is CC(C)C(O)C(=O)N1CCn2c(nc(-c3ccc(F)cc3)c2Nc2ccc(F)c(F)c2)C1. The minimum absolute atomic E-state index is 0.177. The normalized spacial score (nSPS) is 14.4. The van der Waals surface area contributed by atoms with E-state index < -0.39 is 23.6 Å². The second kappa shape index (κ2) is 8.66. The van der Waals surface area contributed by atoms with E-state index in [0.29, 0.717) is 41.7 Å². The molecule has 3 aromatic rings. The zero-order valence-corrected chi connectivity index (χ0v) is 17.6. The van der Waals surface area contributed by atoms with Crippen LogP contribution >= 0.6 is 0 Å². The van der Waals surface area contributed by atoms with E-state index in [4.69, 9.17) is 0 Å². The Morgan fingerprint density at radius 3 is 2.44 bits per heavy atom. The molecule has 0 spiro atoms. The molecule has 2 N–H and O–H groups in total. The van der Waals surface area contributed by atoms with Crippen LogP contribution in [0.5, 0.6) is 0 Å². The molecule has 1 aliphatic heterocycles. The number of imidazole rings is 1. The zero-order valence-electron chi connectivity index (χ0n) is 17.6. The Labute approximate surface area is 183 Å². The summed E-state index contributed by atoms with van der Waals surface area (Å²) >= 11 is 0. The lowest BCUT2D eigenvalue weighted by Gasteiger charge is -2.31. The molecule has 1 aromatic heterocycles. The van der Waals surface area contributed by atoms with Crippen LogP contribution in [-0.4, -0.2) is 38.1 Å². The lowest BCUT2D eigenvalue weighted by Crippen LogP contribution is -2.45. The molecule has 4 rings (SSSR count). The zero-order chi connectivity index (χ0) is 23.0. The number of carbonyl (C=O) groups is 1. The van der Waals surface area contributed by atoms with Crippen LogP contribution < -0.4 is 5.32 Å². The molecule has 0 aliphatic carbocycles. The first kappa shape index (κ1) is 21.9. The first-order valence-corrected chi connectivity index (χ1v) is 10.3. The molecule has 1 amide bonds. The Kier molecular flexibility index (Phi) is 5.92. The van der Waals surface area contributed by atoms with E-state index in [2.05, 4.69) is 10.3 Å². The molecule has 2 heterocycles. The van der Waals surface area contributed by atoms with E-state index >= 15 is 0 Å². The van der Waals surface area contributed by atoms with Crippen molar-refractivity contribution in [3.05, 3.63) is 65.7 Å². The van der Waals surface area contributed by atoms with Gasteiger partial charge in [0, 0.05) is 30.4 Å². The summed E-state index contributed by atoms with van der Waals surface area (Å²) in [6, 6.07) is 9.24. The number of aromatic nitrogens is 2. The number of hydrogen-bond donors (Lipinski definition) is 2. The van der Waals surface area contributed by atoms with E-state index in [0.717, 1.165) is 12.1 Å². The summed E-state index contributed by atoms with van der Waals surface area (Å²) in [5.74, 6) is -1.85. The van der Waals surface area contributed by atoms with Crippen LogP contribution in [0.2, 0.25) is 0 Å². The third-order valence-electron chi connectivity index (χ3n) is 5.47. The lowest BCUT2D eigenvalue weighted by atomic mass is 10.1. The van der Waals surface area contributed by atoms with Gasteiger partial charge in [-0.3, -0.25) is 4.79 Å². The summed E-state index contributed by atoms with van der Waals surface area (Å²) < 4.78 is 42.4. The van der Waals surface area contributed by atoms with Gasteiger partial charge in [0.1, 0.15) is 29.3 Å². The monoisotopic (exact) mass is 444 g/mol. The smallest absolute Gasteiger partial charge is 0.252 e. The van der Waals surface area contributed by atoms with Crippen molar-refractivity contribution in [1.29, 1.82) is 0 Å². The van der Waals surface area contributed by atoms with Crippen molar-refractivity contribution in [3.8, 4) is 11.3 Å². The van der Waals surface area contributed by atoms with Gasteiger partial charge in [0.25, 0.3) is 5.91 Å². The van der Waals surface area contributed by atoms with Crippen molar-refractivity contribution in [2.45, 2.75) is 33.0 Å². The molecule has 1 atom stereocenters. The Morgan fingerprint density at radius 2 is 1.78 bits per heavy atom. The third kappa shape index (κ3) is 4.20. The second-order valence-electron chi connectivity index (χ2n) is 8.09. The van der Waals surface area contributed by atoms with E-state index in [1.807, 2.05) is 4.57 Å². The molecule has 0 saturated carbocycles. The quantitative estimate of drug-likeness (QED) is 0.623. The van der Waals surface area contributed by atoms with Crippen molar-refractivity contribution >= 4 is 17.4 Å². The highest BCUT2D eigenvalue weighted by Gasteiger charge is 2.31. The van der Waals surface area contributed by atoms with Crippen LogP contribution in [0.3, 0.4) is 0 Å². The first-order valence-electron chi connectivity index (χ1n) is 10.3. The molecule has 1 unspecified atom stereocenters. The maximum Gasteiger partial charge on any atom is 0.252 e. The molecule has 2 aromatic carbocycles. The number of benzene rings is 2. The Bertz CT molecular complexity index is 1140. The number of halogens is 3. The second-order valence-corrected chi connectivity index (χ2v) is 8.09. The number of rotatable bonds is 5. The topological polar surface area (TPSA) is 70.4 Å². The molecule has 168 valence electrons. The fraction of sp³-hybridized carbons (Fsp3) is 0.304. The maximum atomic E-state index is 13.7. The number of hydrogen-bond acceptors (Lipinski definition) is 4. The minimum Gasteiger partial charge on any atom is -0.383 e. The van der Waals surface area contributed by atoms with Crippen molar-refractivity contribution in [2.75, 3.05) is 11.9 Å². The minimum atomic E-state index is -1.10. The largest absolute Gasteiger partial charge is 0.383 e. The number of aliphatic hydroxyl groups excluding tert-OH is 1. The summed E-state index contributed by atoms with van der Waals surface area (Å²) in [6.07, 6.45) is -1.10. The molecule has 0 saturated heterocycles. The van der Waals surface area contributed by atoms with Gasteiger partial charge in [-0.15, -0.1) is 0 Å². The van der Waals surface area contributed by atoms with Crippen LogP contribution in [0.4, 0.5) is 24.7 Å². The van der Waals surface area contributed by atoms with Gasteiger partial charge >= 0.3 is 0 Å². The summed E-state index contributed by atoms with van der Waals surface area (Å²) in [5, 5.41) is 13.3. The van der Waals surface area contributed by atoms with Crippen molar-refractivity contribution in [3.63, 3.8) is 0 Å². The van der Waals surface area contributed by atoms with Crippen LogP contribution in [0, 0.1) is 23.4 Å². The van der Waals surface area contributed by atoms with Gasteiger partial charge in [-0.2, -0.15) is 0 Å². The maximum absolute atomic E-state index is 13.7. The number of fused-ring (bicyclic) bond motifs is 1. The Hall–Kier alpha value is -3.33. The summed E-state index contributed by atoms with van der Waals surface area (Å²) in [6.45, 7) is 4.44. The van der Waals surface area contributed by atoms with Crippen LogP contribution in [0.25, 0.3) is 11.3 Å². The van der Waals surface area contributed by atoms with Gasteiger partial charge < -0.3 is 19.9 Å². The molecular formula is C23H23F3N4O2. The standard InChI is InChI=1S/C23H23F3N4O2/c1-13(2)21(31)23(32)29-9-10-30-19(12-29)28-20(14-3-5-15(24)6-4-14)22(30)27-16-7-8-17(25)18(26)11-16/h3-8,11,13,21,27,31H,9-10,12H2,1-2H3. The van der Waals surface area contributed by atoms with Crippen LogP contribution in [-0.2, 0) is 17.9 Å². The van der Waals surface area contributed by atoms with Gasteiger partial charge in [0.05, 0.1) is 6.54 Å².